The topological polar surface area (TPSA) is 61.6 Å². The lowest BCUT2D eigenvalue weighted by Crippen LogP contribution is -2.57. The lowest BCUT2D eigenvalue weighted by Gasteiger charge is -2.41. The Morgan fingerprint density at radius 2 is 2.06 bits per heavy atom. The first-order chi connectivity index (χ1) is 15.4. The molecule has 1 aromatic carbocycles. The molecule has 0 saturated carbocycles. The summed E-state index contributed by atoms with van der Waals surface area (Å²) in [6, 6.07) is 12.4. The van der Waals surface area contributed by atoms with Crippen LogP contribution in [0, 0.1) is 0 Å². The van der Waals surface area contributed by atoms with Crippen molar-refractivity contribution < 1.29 is 0 Å². The molecule has 1 N–H and O–H groups in total. The Morgan fingerprint density at radius 3 is 2.94 bits per heavy atom. The number of guanidine groups is 1. The summed E-state index contributed by atoms with van der Waals surface area (Å²) in [6.07, 6.45) is 12.4. The minimum absolute atomic E-state index is 0.0787. The number of pyridine rings is 1. The summed E-state index contributed by atoms with van der Waals surface area (Å²) in [5.74, 6) is 1.83. The molecule has 0 bridgehead atoms. The smallest absolute Gasteiger partial charge is 0.216 e. The van der Waals surface area contributed by atoms with Gasteiger partial charge in [0.05, 0.1) is 24.4 Å². The Hall–Kier alpha value is -3.19. The Balaban J connectivity index is 1.33. The van der Waals surface area contributed by atoms with E-state index >= 15 is 0 Å². The molecule has 1 unspecified atom stereocenters. The maximum Gasteiger partial charge on any atom is 0.216 e. The number of aromatic nitrogens is 3. The zero-order chi connectivity index (χ0) is 20.6. The van der Waals surface area contributed by atoms with Gasteiger partial charge in [-0.05, 0) is 50.3 Å². The monoisotopic (exact) mass is 413 g/mol. The summed E-state index contributed by atoms with van der Waals surface area (Å²) in [6.45, 7) is 2.54. The van der Waals surface area contributed by atoms with E-state index in [1.54, 1.807) is 5.57 Å². The maximum absolute atomic E-state index is 5.01. The fraction of sp³-hybridized carbons (Fsp3) is 0.375. The van der Waals surface area contributed by atoms with Gasteiger partial charge in [-0.2, -0.15) is 0 Å². The molecule has 2 aliphatic heterocycles. The second-order valence-electron chi connectivity index (χ2n) is 8.55. The number of para-hydroxylation sites is 2. The SMILES string of the molecule is C1=C(CCN2CN=C3NC(c4cccnc4)n4c(nc5ccccc54)N3C2)CCCC1. The van der Waals surface area contributed by atoms with E-state index in [9.17, 15) is 0 Å². The average Bonchev–Trinajstić information content (AvgIpc) is 3.23. The molecule has 1 atom stereocenters. The minimum atomic E-state index is -0.0787. The number of aliphatic imine (C=N–C) groups is 1. The molecule has 31 heavy (non-hydrogen) atoms. The molecule has 3 aromatic rings. The number of hydrogen-bond donors (Lipinski definition) is 1. The van der Waals surface area contributed by atoms with Gasteiger partial charge in [-0.1, -0.05) is 29.8 Å². The molecular weight excluding hydrogens is 386 g/mol. The van der Waals surface area contributed by atoms with E-state index in [4.69, 9.17) is 9.98 Å². The Bertz CT molecular complexity index is 1150. The predicted octanol–water partition coefficient (Wildman–Crippen LogP) is 3.86. The Morgan fingerprint density at radius 1 is 1.10 bits per heavy atom. The highest BCUT2D eigenvalue weighted by atomic mass is 15.5. The number of benzene rings is 1. The Kier molecular flexibility index (Phi) is 4.68. The zero-order valence-corrected chi connectivity index (χ0v) is 17.6. The van der Waals surface area contributed by atoms with Gasteiger partial charge in [0.15, 0.2) is 0 Å². The number of allylic oxidation sites excluding steroid dienone is 1. The van der Waals surface area contributed by atoms with Gasteiger partial charge in [0.1, 0.15) is 6.17 Å². The molecule has 0 spiro atoms. The zero-order valence-electron chi connectivity index (χ0n) is 17.6. The van der Waals surface area contributed by atoms with Crippen molar-refractivity contribution in [2.45, 2.75) is 38.3 Å². The van der Waals surface area contributed by atoms with Gasteiger partial charge in [-0.25, -0.2) is 9.98 Å². The van der Waals surface area contributed by atoms with Crippen molar-refractivity contribution in [3.05, 3.63) is 66.0 Å². The van der Waals surface area contributed by atoms with Crippen molar-refractivity contribution in [2.24, 2.45) is 4.99 Å². The van der Waals surface area contributed by atoms with E-state index in [0.29, 0.717) is 6.67 Å². The van der Waals surface area contributed by atoms with Crippen LogP contribution in [-0.2, 0) is 0 Å². The van der Waals surface area contributed by atoms with Crippen LogP contribution >= 0.6 is 0 Å². The Labute approximate surface area is 182 Å². The number of hydrogen-bond acceptors (Lipinski definition) is 6. The van der Waals surface area contributed by atoms with Crippen molar-refractivity contribution in [3.63, 3.8) is 0 Å². The number of rotatable bonds is 4. The summed E-state index contributed by atoms with van der Waals surface area (Å²) in [7, 11) is 0. The van der Waals surface area contributed by atoms with E-state index in [1.807, 2.05) is 24.5 Å². The summed E-state index contributed by atoms with van der Waals surface area (Å²) in [5.41, 5.74) is 4.82. The van der Waals surface area contributed by atoms with Gasteiger partial charge >= 0.3 is 0 Å². The first-order valence-corrected chi connectivity index (χ1v) is 11.2. The van der Waals surface area contributed by atoms with Crippen molar-refractivity contribution in [1.82, 2.24) is 24.8 Å². The van der Waals surface area contributed by atoms with Crippen LogP contribution in [0.3, 0.4) is 0 Å². The van der Waals surface area contributed by atoms with Gasteiger partial charge in [0, 0.05) is 24.5 Å². The van der Waals surface area contributed by atoms with Gasteiger partial charge in [-0.3, -0.25) is 19.4 Å². The van der Waals surface area contributed by atoms with Crippen LogP contribution in [0.1, 0.15) is 43.8 Å². The van der Waals surface area contributed by atoms with Gasteiger partial charge in [0.25, 0.3) is 0 Å². The van der Waals surface area contributed by atoms with E-state index < -0.39 is 0 Å². The predicted molar refractivity (Wildman–Crippen MR) is 123 cm³/mol. The van der Waals surface area contributed by atoms with E-state index in [0.717, 1.165) is 48.1 Å². The molecule has 7 heteroatoms. The molecular formula is C24H27N7. The fourth-order valence-corrected chi connectivity index (χ4v) is 4.85. The van der Waals surface area contributed by atoms with Crippen LogP contribution < -0.4 is 10.2 Å². The standard InChI is InChI=1S/C24H27N7/c1-2-7-18(8-3-1)12-14-29-16-26-23-28-22(19-9-6-13-25-15-19)31-21-11-5-4-10-20(21)27-24(31)30(23)17-29/h4-7,9-11,13,15,22H,1-3,8,12,14,16-17H2,(H,26,28). The normalized spacial score (nSPS) is 21.2. The lowest BCUT2D eigenvalue weighted by molar-refractivity contribution is 0.273. The summed E-state index contributed by atoms with van der Waals surface area (Å²) < 4.78 is 2.28. The highest BCUT2D eigenvalue weighted by Gasteiger charge is 2.35. The van der Waals surface area contributed by atoms with Crippen molar-refractivity contribution >= 4 is 22.9 Å². The second-order valence-corrected chi connectivity index (χ2v) is 8.55. The lowest BCUT2D eigenvalue weighted by atomic mass is 9.97. The summed E-state index contributed by atoms with van der Waals surface area (Å²) in [5, 5.41) is 3.65. The molecule has 4 heterocycles. The van der Waals surface area contributed by atoms with Crippen molar-refractivity contribution in [3.8, 4) is 0 Å². The molecule has 2 aromatic heterocycles. The fourth-order valence-electron chi connectivity index (χ4n) is 4.85. The third kappa shape index (κ3) is 3.39. The first-order valence-electron chi connectivity index (χ1n) is 11.2. The van der Waals surface area contributed by atoms with Gasteiger partial charge in [0.2, 0.25) is 11.9 Å². The molecule has 0 fully saturated rings. The second kappa shape index (κ2) is 7.81. The van der Waals surface area contributed by atoms with Crippen molar-refractivity contribution in [2.75, 3.05) is 24.8 Å². The van der Waals surface area contributed by atoms with Crippen molar-refractivity contribution in [1.29, 1.82) is 0 Å². The molecule has 3 aliphatic rings. The van der Waals surface area contributed by atoms with Crippen LogP contribution in [0.5, 0.6) is 0 Å². The summed E-state index contributed by atoms with van der Waals surface area (Å²) >= 11 is 0. The van der Waals surface area contributed by atoms with E-state index in [1.165, 1.54) is 25.7 Å². The number of anilines is 1. The number of nitrogens with zero attached hydrogens (tertiary/aromatic N) is 6. The number of fused-ring (bicyclic) bond motifs is 5. The molecule has 7 nitrogen and oxygen atoms in total. The maximum atomic E-state index is 5.01. The van der Waals surface area contributed by atoms with E-state index in [-0.39, 0.29) is 6.17 Å². The van der Waals surface area contributed by atoms with Crippen LogP contribution in [0.25, 0.3) is 11.0 Å². The largest absolute Gasteiger partial charge is 0.331 e. The average molecular weight is 414 g/mol. The number of imidazole rings is 1. The minimum Gasteiger partial charge on any atom is -0.331 e. The van der Waals surface area contributed by atoms with Crippen LogP contribution in [-0.4, -0.2) is 45.3 Å². The number of nitrogens with one attached hydrogen (secondary N) is 1. The summed E-state index contributed by atoms with van der Waals surface area (Å²) in [4.78, 5) is 18.9. The van der Waals surface area contributed by atoms with Gasteiger partial charge in [-0.15, -0.1) is 0 Å². The van der Waals surface area contributed by atoms with Crippen LogP contribution in [0.15, 0.2) is 65.4 Å². The first kappa shape index (κ1) is 18.6. The van der Waals surface area contributed by atoms with Crippen LogP contribution in [0.4, 0.5) is 5.95 Å². The molecule has 6 rings (SSSR count). The third-order valence-corrected chi connectivity index (χ3v) is 6.49. The molecule has 0 saturated heterocycles. The molecule has 158 valence electrons. The highest BCUT2D eigenvalue weighted by Crippen LogP contribution is 2.33. The third-order valence-electron chi connectivity index (χ3n) is 6.49. The molecule has 1 aliphatic carbocycles. The van der Waals surface area contributed by atoms with Gasteiger partial charge < -0.3 is 5.32 Å². The van der Waals surface area contributed by atoms with Crippen LogP contribution in [0.2, 0.25) is 0 Å². The van der Waals surface area contributed by atoms with E-state index in [2.05, 4.69) is 55.0 Å². The molecule has 0 amide bonds. The highest BCUT2D eigenvalue weighted by molar-refractivity contribution is 5.98. The molecule has 0 radical (unpaired) electrons. The quantitative estimate of drug-likeness (QED) is 0.658.